The van der Waals surface area contributed by atoms with E-state index in [4.69, 9.17) is 13.6 Å². The third kappa shape index (κ3) is 6.04. The summed E-state index contributed by atoms with van der Waals surface area (Å²) in [6.07, 6.45) is 4.78. The molecule has 0 bridgehead atoms. The van der Waals surface area contributed by atoms with Crippen molar-refractivity contribution in [2.45, 2.75) is 19.8 Å². The van der Waals surface area contributed by atoms with Crippen LogP contribution in [0.25, 0.3) is 22.1 Å². The van der Waals surface area contributed by atoms with E-state index in [1.165, 1.54) is 23.0 Å². The Labute approximate surface area is 216 Å². The first kappa shape index (κ1) is 24.3. The Hall–Kier alpha value is -4.45. The van der Waals surface area contributed by atoms with Crippen molar-refractivity contribution in [3.8, 4) is 16.9 Å². The van der Waals surface area contributed by atoms with E-state index < -0.39 is 0 Å². The zero-order chi connectivity index (χ0) is 25.5. The van der Waals surface area contributed by atoms with E-state index in [2.05, 4.69) is 60.0 Å². The molecule has 5 aromatic rings. The van der Waals surface area contributed by atoms with Gasteiger partial charge in [0.25, 0.3) is 5.91 Å². The SMILES string of the molecule is Cc1ccccc1-c1ccc(OCCCNc2ccc3occ(CCNC(=O)c4ccco4)c3c2)cc1. The van der Waals surface area contributed by atoms with Gasteiger partial charge in [0.15, 0.2) is 5.76 Å². The number of aryl methyl sites for hydroxylation is 1. The van der Waals surface area contributed by atoms with Gasteiger partial charge in [-0.3, -0.25) is 4.79 Å². The molecule has 0 unspecified atom stereocenters. The molecule has 0 atom stereocenters. The normalized spacial score (nSPS) is 10.9. The van der Waals surface area contributed by atoms with Gasteiger partial charge >= 0.3 is 0 Å². The highest BCUT2D eigenvalue weighted by Crippen LogP contribution is 2.26. The van der Waals surface area contributed by atoms with Gasteiger partial charge < -0.3 is 24.2 Å². The molecule has 0 aliphatic rings. The molecule has 1 amide bonds. The fourth-order valence-corrected chi connectivity index (χ4v) is 4.31. The van der Waals surface area contributed by atoms with E-state index >= 15 is 0 Å². The van der Waals surface area contributed by atoms with E-state index in [0.717, 1.165) is 40.9 Å². The quantitative estimate of drug-likeness (QED) is 0.196. The summed E-state index contributed by atoms with van der Waals surface area (Å²) in [4.78, 5) is 12.1. The third-order valence-corrected chi connectivity index (χ3v) is 6.31. The van der Waals surface area contributed by atoms with Crippen LogP contribution >= 0.6 is 0 Å². The van der Waals surface area contributed by atoms with Gasteiger partial charge in [0, 0.05) is 29.7 Å². The maximum absolute atomic E-state index is 12.1. The zero-order valence-electron chi connectivity index (χ0n) is 20.8. The van der Waals surface area contributed by atoms with Gasteiger partial charge in [-0.15, -0.1) is 0 Å². The number of benzene rings is 3. The highest BCUT2D eigenvalue weighted by Gasteiger charge is 2.10. The fourth-order valence-electron chi connectivity index (χ4n) is 4.31. The molecule has 0 fully saturated rings. The number of amides is 1. The molecule has 2 aromatic heterocycles. The summed E-state index contributed by atoms with van der Waals surface area (Å²) in [5, 5.41) is 7.38. The average molecular weight is 495 g/mol. The van der Waals surface area contributed by atoms with Gasteiger partial charge in [-0.25, -0.2) is 0 Å². The topological polar surface area (TPSA) is 76.6 Å². The van der Waals surface area contributed by atoms with Gasteiger partial charge in [-0.05, 0) is 78.9 Å². The summed E-state index contributed by atoms with van der Waals surface area (Å²) < 4.78 is 16.8. The monoisotopic (exact) mass is 494 g/mol. The van der Waals surface area contributed by atoms with E-state index in [9.17, 15) is 4.79 Å². The van der Waals surface area contributed by atoms with Crippen molar-refractivity contribution in [2.75, 3.05) is 25.0 Å². The van der Waals surface area contributed by atoms with Crippen LogP contribution in [0.5, 0.6) is 5.75 Å². The van der Waals surface area contributed by atoms with Crippen LogP contribution < -0.4 is 15.4 Å². The number of hydrogen-bond donors (Lipinski definition) is 2. The second-order valence-electron chi connectivity index (χ2n) is 8.92. The summed E-state index contributed by atoms with van der Waals surface area (Å²) in [6, 6.07) is 26.1. The Balaban J connectivity index is 1.08. The van der Waals surface area contributed by atoms with Crippen LogP contribution in [0.4, 0.5) is 5.69 Å². The van der Waals surface area contributed by atoms with Crippen molar-refractivity contribution in [2.24, 2.45) is 0 Å². The van der Waals surface area contributed by atoms with Gasteiger partial charge in [0.05, 0.1) is 19.1 Å². The van der Waals surface area contributed by atoms with Crippen molar-refractivity contribution in [1.82, 2.24) is 5.32 Å². The first-order valence-corrected chi connectivity index (χ1v) is 12.5. The maximum Gasteiger partial charge on any atom is 0.286 e. The zero-order valence-corrected chi connectivity index (χ0v) is 20.8. The average Bonchev–Trinajstić information content (AvgIpc) is 3.60. The summed E-state index contributed by atoms with van der Waals surface area (Å²) in [6.45, 7) is 4.04. The summed E-state index contributed by atoms with van der Waals surface area (Å²) in [7, 11) is 0. The number of carbonyl (C=O) groups excluding carboxylic acids is 1. The van der Waals surface area contributed by atoms with Gasteiger partial charge in [0.1, 0.15) is 11.3 Å². The predicted octanol–water partition coefficient (Wildman–Crippen LogP) is 6.85. The Morgan fingerprint density at radius 2 is 1.78 bits per heavy atom. The molecule has 6 nitrogen and oxygen atoms in total. The Morgan fingerprint density at radius 3 is 2.59 bits per heavy atom. The lowest BCUT2D eigenvalue weighted by molar-refractivity contribution is 0.0926. The lowest BCUT2D eigenvalue weighted by atomic mass is 10.0. The number of nitrogens with one attached hydrogen (secondary N) is 2. The van der Waals surface area contributed by atoms with Crippen molar-refractivity contribution in [3.05, 3.63) is 108 Å². The number of furan rings is 2. The Kier molecular flexibility index (Phi) is 7.55. The van der Waals surface area contributed by atoms with Crippen LogP contribution in [0.15, 0.2) is 100 Å². The number of anilines is 1. The first-order chi connectivity index (χ1) is 18.2. The molecule has 3 aromatic carbocycles. The Bertz CT molecular complexity index is 1450. The van der Waals surface area contributed by atoms with Crippen molar-refractivity contribution in [3.63, 3.8) is 0 Å². The van der Waals surface area contributed by atoms with Crippen LogP contribution in [0.1, 0.15) is 28.1 Å². The van der Waals surface area contributed by atoms with Crippen LogP contribution in [-0.4, -0.2) is 25.6 Å². The minimum atomic E-state index is -0.218. The standard InChI is InChI=1S/C31H30N2O4/c1-22-6-2-3-7-27(22)23-9-12-26(13-10-23)35-19-5-16-32-25-11-14-29-28(20-25)24(21-37-29)15-17-33-31(34)30-8-4-18-36-30/h2-4,6-14,18,20-21,32H,5,15-17,19H2,1H3,(H,33,34). The summed E-state index contributed by atoms with van der Waals surface area (Å²) in [5.74, 6) is 0.970. The van der Waals surface area contributed by atoms with E-state index in [0.29, 0.717) is 25.3 Å². The molecule has 0 spiro atoms. The molecule has 37 heavy (non-hydrogen) atoms. The van der Waals surface area contributed by atoms with E-state index in [1.54, 1.807) is 18.4 Å². The summed E-state index contributed by atoms with van der Waals surface area (Å²) in [5.41, 5.74) is 6.61. The van der Waals surface area contributed by atoms with Crippen molar-refractivity contribution in [1.29, 1.82) is 0 Å². The van der Waals surface area contributed by atoms with Gasteiger partial charge in [-0.2, -0.15) is 0 Å². The molecule has 188 valence electrons. The van der Waals surface area contributed by atoms with E-state index in [-0.39, 0.29) is 5.91 Å². The molecule has 0 aliphatic heterocycles. The lowest BCUT2D eigenvalue weighted by Gasteiger charge is -2.10. The molecule has 6 heteroatoms. The molecule has 0 saturated heterocycles. The van der Waals surface area contributed by atoms with Gasteiger partial charge in [-0.1, -0.05) is 36.4 Å². The molecular formula is C31H30N2O4. The molecular weight excluding hydrogens is 464 g/mol. The minimum absolute atomic E-state index is 0.218. The molecule has 0 radical (unpaired) electrons. The molecule has 0 aliphatic carbocycles. The van der Waals surface area contributed by atoms with Gasteiger partial charge in [0.2, 0.25) is 0 Å². The Morgan fingerprint density at radius 1 is 0.919 bits per heavy atom. The number of ether oxygens (including phenoxy) is 1. The van der Waals surface area contributed by atoms with Crippen LogP contribution in [0, 0.1) is 6.92 Å². The number of rotatable bonds is 11. The molecule has 2 N–H and O–H groups in total. The fraction of sp³-hybridized carbons (Fsp3) is 0.194. The smallest absolute Gasteiger partial charge is 0.286 e. The lowest BCUT2D eigenvalue weighted by Crippen LogP contribution is -2.25. The number of fused-ring (bicyclic) bond motifs is 1. The van der Waals surface area contributed by atoms with Crippen LogP contribution in [0.2, 0.25) is 0 Å². The second-order valence-corrected chi connectivity index (χ2v) is 8.92. The first-order valence-electron chi connectivity index (χ1n) is 12.5. The number of hydrogen-bond acceptors (Lipinski definition) is 5. The van der Waals surface area contributed by atoms with Crippen LogP contribution in [0.3, 0.4) is 0 Å². The predicted molar refractivity (Wildman–Crippen MR) is 146 cm³/mol. The van der Waals surface area contributed by atoms with Crippen molar-refractivity contribution < 1.29 is 18.4 Å². The maximum atomic E-state index is 12.1. The highest BCUT2D eigenvalue weighted by atomic mass is 16.5. The number of carbonyl (C=O) groups is 1. The molecule has 5 rings (SSSR count). The molecule has 2 heterocycles. The van der Waals surface area contributed by atoms with Crippen LogP contribution in [-0.2, 0) is 6.42 Å². The minimum Gasteiger partial charge on any atom is -0.494 e. The third-order valence-electron chi connectivity index (χ3n) is 6.31. The highest BCUT2D eigenvalue weighted by molar-refractivity contribution is 5.91. The molecule has 0 saturated carbocycles. The largest absolute Gasteiger partial charge is 0.494 e. The van der Waals surface area contributed by atoms with Crippen molar-refractivity contribution >= 4 is 22.6 Å². The van der Waals surface area contributed by atoms with E-state index in [1.807, 2.05) is 24.3 Å². The summed E-state index contributed by atoms with van der Waals surface area (Å²) >= 11 is 0. The second kappa shape index (κ2) is 11.5.